The number of para-hydroxylation sites is 1. The van der Waals surface area contributed by atoms with Crippen LogP contribution in [-0.4, -0.2) is 16.2 Å². The van der Waals surface area contributed by atoms with Crippen LogP contribution in [0.15, 0.2) is 182 Å². The van der Waals surface area contributed by atoms with E-state index in [9.17, 15) is 0 Å². The smallest absolute Gasteiger partial charge is 0.137 e. The van der Waals surface area contributed by atoms with Gasteiger partial charge in [-0.3, -0.25) is 4.57 Å². The molecule has 0 amide bonds. The molecule has 9 aromatic rings. The second-order valence-electron chi connectivity index (χ2n) is 23.1. The molecule has 0 radical (unpaired) electrons. The van der Waals surface area contributed by atoms with Crippen LogP contribution in [0.1, 0.15) is 134 Å². The molecule has 0 unspecified atom stereocenters. The van der Waals surface area contributed by atoms with Gasteiger partial charge in [-0.1, -0.05) is 186 Å². The minimum Gasteiger partial charge on any atom is -0.457 e. The lowest BCUT2D eigenvalue weighted by Gasteiger charge is -2.31. The summed E-state index contributed by atoms with van der Waals surface area (Å²) in [5, 5.41) is 2.34. The topological polar surface area (TPSA) is 33.5 Å². The van der Waals surface area contributed by atoms with E-state index >= 15 is 0 Å². The van der Waals surface area contributed by atoms with Gasteiger partial charge in [0.1, 0.15) is 17.3 Å². The monoisotopic (exact) mass is 947 g/mol. The molecule has 3 heterocycles. The molecule has 1 aliphatic rings. The molecule has 1 aliphatic heterocycles. The molecule has 7 aromatic carbocycles. The standard InChI is InChI=1S/C67H70N4O/c1-44(2)56-27-21-28-57(45(3)4)64(56)62-42-69(52-35-47(46-22-15-13-16-23-46)34-50(36-52)66(8,9)10)43-70(62)53-37-51(67(11,12)48-24-17-14-18-25-48)38-55(40-53)72-54-30-31-59-58-26-19-20-29-60(58)71(61(59)41-54)63-39-49(32-33-68-63)65(5,6)7/h13-42,44-45H,43H2,1-12H3. The van der Waals surface area contributed by atoms with Crippen LogP contribution in [0, 0.1) is 0 Å². The Kier molecular flexibility index (Phi) is 12.5. The molecule has 364 valence electrons. The van der Waals surface area contributed by atoms with Gasteiger partial charge in [0.15, 0.2) is 0 Å². The van der Waals surface area contributed by atoms with Crippen molar-refractivity contribution in [3.63, 3.8) is 0 Å². The molecular formula is C67H70N4O. The first kappa shape index (κ1) is 48.3. The van der Waals surface area contributed by atoms with E-state index in [1.54, 1.807) is 0 Å². The molecule has 0 N–H and O–H groups in total. The Labute approximate surface area is 428 Å². The molecule has 5 heteroatoms. The first-order chi connectivity index (χ1) is 34.3. The van der Waals surface area contributed by atoms with Crippen LogP contribution in [0.5, 0.6) is 11.5 Å². The van der Waals surface area contributed by atoms with Crippen LogP contribution >= 0.6 is 0 Å². The third-order valence-electron chi connectivity index (χ3n) is 14.9. The van der Waals surface area contributed by atoms with Crippen LogP contribution in [0.4, 0.5) is 11.4 Å². The van der Waals surface area contributed by atoms with E-state index in [4.69, 9.17) is 9.72 Å². The lowest BCUT2D eigenvalue weighted by atomic mass is 9.78. The fourth-order valence-electron chi connectivity index (χ4n) is 10.5. The molecule has 72 heavy (non-hydrogen) atoms. The Balaban J connectivity index is 1.16. The quantitative estimate of drug-likeness (QED) is 0.129. The Morgan fingerprint density at radius 2 is 1.12 bits per heavy atom. The predicted molar refractivity (Wildman–Crippen MR) is 305 cm³/mol. The zero-order valence-corrected chi connectivity index (χ0v) is 44.4. The van der Waals surface area contributed by atoms with Crippen molar-refractivity contribution in [2.24, 2.45) is 0 Å². The number of ether oxygens (including phenoxy) is 1. The Morgan fingerprint density at radius 1 is 0.486 bits per heavy atom. The Morgan fingerprint density at radius 3 is 1.81 bits per heavy atom. The van der Waals surface area contributed by atoms with Crippen LogP contribution in [0.3, 0.4) is 0 Å². The van der Waals surface area contributed by atoms with Crippen LogP contribution in [-0.2, 0) is 16.2 Å². The maximum Gasteiger partial charge on any atom is 0.137 e. The van der Waals surface area contributed by atoms with Crippen molar-refractivity contribution < 1.29 is 4.74 Å². The molecule has 2 aromatic heterocycles. The molecular weight excluding hydrogens is 877 g/mol. The average Bonchev–Trinajstić information content (AvgIpc) is 3.96. The van der Waals surface area contributed by atoms with E-state index in [1.807, 2.05) is 6.20 Å². The highest BCUT2D eigenvalue weighted by atomic mass is 16.5. The van der Waals surface area contributed by atoms with Gasteiger partial charge in [-0.25, -0.2) is 4.98 Å². The molecule has 5 nitrogen and oxygen atoms in total. The van der Waals surface area contributed by atoms with Gasteiger partial charge in [-0.15, -0.1) is 0 Å². The van der Waals surface area contributed by atoms with Gasteiger partial charge in [0, 0.05) is 57.7 Å². The Hall–Kier alpha value is -7.37. The van der Waals surface area contributed by atoms with E-state index < -0.39 is 0 Å². The minimum absolute atomic E-state index is 0.0306. The van der Waals surface area contributed by atoms with Gasteiger partial charge in [0.25, 0.3) is 0 Å². The minimum atomic E-state index is -0.358. The van der Waals surface area contributed by atoms with Crippen molar-refractivity contribution in [3.8, 4) is 28.4 Å². The number of fused-ring (bicyclic) bond motifs is 3. The van der Waals surface area contributed by atoms with Crippen LogP contribution in [0.2, 0.25) is 0 Å². The van der Waals surface area contributed by atoms with E-state index in [2.05, 4.69) is 274 Å². The summed E-state index contributed by atoms with van der Waals surface area (Å²) in [7, 11) is 0. The summed E-state index contributed by atoms with van der Waals surface area (Å²) in [6, 6.07) is 62.1. The van der Waals surface area contributed by atoms with Gasteiger partial charge in [0.05, 0.1) is 23.4 Å². The highest BCUT2D eigenvalue weighted by Crippen LogP contribution is 2.46. The highest BCUT2D eigenvalue weighted by Gasteiger charge is 2.33. The predicted octanol–water partition coefficient (Wildman–Crippen LogP) is 18.1. The summed E-state index contributed by atoms with van der Waals surface area (Å²) in [4.78, 5) is 9.97. The summed E-state index contributed by atoms with van der Waals surface area (Å²) in [5.41, 5.74) is 16.5. The molecule has 0 bridgehead atoms. The van der Waals surface area contributed by atoms with Gasteiger partial charge in [0.2, 0.25) is 0 Å². The number of hydrogen-bond acceptors (Lipinski definition) is 4. The fraction of sp³-hybridized carbons (Fsp3) is 0.269. The average molecular weight is 947 g/mol. The number of pyridine rings is 1. The summed E-state index contributed by atoms with van der Waals surface area (Å²) in [5.74, 6) is 3.05. The number of aromatic nitrogens is 2. The van der Waals surface area contributed by atoms with E-state index in [0.29, 0.717) is 18.5 Å². The van der Waals surface area contributed by atoms with Crippen molar-refractivity contribution in [3.05, 3.63) is 221 Å². The highest BCUT2D eigenvalue weighted by molar-refractivity contribution is 6.09. The van der Waals surface area contributed by atoms with Crippen molar-refractivity contribution in [2.45, 2.75) is 111 Å². The number of nitrogens with zero attached hydrogens (tertiary/aromatic N) is 4. The molecule has 0 atom stereocenters. The maximum absolute atomic E-state index is 7.22. The lowest BCUT2D eigenvalue weighted by Crippen LogP contribution is -2.28. The van der Waals surface area contributed by atoms with Crippen LogP contribution in [0.25, 0.3) is 44.4 Å². The third-order valence-corrected chi connectivity index (χ3v) is 14.9. The lowest BCUT2D eigenvalue weighted by molar-refractivity contribution is 0.480. The third kappa shape index (κ3) is 9.22. The molecule has 0 spiro atoms. The number of benzene rings is 7. The maximum atomic E-state index is 7.22. The molecule has 0 aliphatic carbocycles. The van der Waals surface area contributed by atoms with Gasteiger partial charge >= 0.3 is 0 Å². The Bertz CT molecular complexity index is 3450. The zero-order valence-electron chi connectivity index (χ0n) is 44.4. The first-order valence-corrected chi connectivity index (χ1v) is 25.8. The SMILES string of the molecule is CC(C)c1cccc(C(C)C)c1C1=CN(c2cc(-c3ccccc3)cc(C(C)(C)C)c2)CN1c1cc(Oc2ccc3c4ccccc4n(-c4cc(C(C)(C)C)ccn4)c3c2)cc(C(C)(C)c2ccccc2)c1. The van der Waals surface area contributed by atoms with E-state index in [-0.39, 0.29) is 16.2 Å². The summed E-state index contributed by atoms with van der Waals surface area (Å²) < 4.78 is 9.52. The van der Waals surface area contributed by atoms with Gasteiger partial charge in [-0.05, 0) is 122 Å². The van der Waals surface area contributed by atoms with Gasteiger partial charge in [-0.2, -0.15) is 0 Å². The first-order valence-electron chi connectivity index (χ1n) is 25.8. The number of rotatable bonds is 11. The number of hydrogen-bond donors (Lipinski definition) is 0. The summed E-state index contributed by atoms with van der Waals surface area (Å²) in [6.45, 7) is 28.3. The van der Waals surface area contributed by atoms with E-state index in [0.717, 1.165) is 45.1 Å². The zero-order chi connectivity index (χ0) is 50.7. The fourth-order valence-corrected chi connectivity index (χ4v) is 10.5. The summed E-state index contributed by atoms with van der Waals surface area (Å²) >= 11 is 0. The largest absolute Gasteiger partial charge is 0.457 e. The van der Waals surface area contributed by atoms with Crippen molar-refractivity contribution in [1.29, 1.82) is 0 Å². The van der Waals surface area contributed by atoms with Crippen molar-refractivity contribution in [1.82, 2.24) is 9.55 Å². The second-order valence-corrected chi connectivity index (χ2v) is 23.1. The van der Waals surface area contributed by atoms with E-state index in [1.165, 1.54) is 61.2 Å². The molecule has 0 fully saturated rings. The second kappa shape index (κ2) is 18.7. The number of anilines is 2. The van der Waals surface area contributed by atoms with Crippen molar-refractivity contribution >= 4 is 38.9 Å². The molecule has 10 rings (SSSR count). The molecule has 0 saturated heterocycles. The summed E-state index contributed by atoms with van der Waals surface area (Å²) in [6.07, 6.45) is 4.35. The molecule has 0 saturated carbocycles. The normalized spacial score (nSPS) is 13.5. The van der Waals surface area contributed by atoms with Crippen LogP contribution < -0.4 is 14.5 Å². The van der Waals surface area contributed by atoms with Crippen molar-refractivity contribution in [2.75, 3.05) is 16.5 Å². The van der Waals surface area contributed by atoms with Gasteiger partial charge < -0.3 is 14.5 Å².